The average molecular weight is 397 g/mol. The van der Waals surface area contributed by atoms with E-state index in [1.807, 2.05) is 48.6 Å². The summed E-state index contributed by atoms with van der Waals surface area (Å²) in [5.74, 6) is 0.336. The Bertz CT molecular complexity index is 652. The van der Waals surface area contributed by atoms with Crippen LogP contribution in [0, 0.1) is 23.2 Å². The quantitative estimate of drug-likeness (QED) is 0.128. The number of nitrogens with zero attached hydrogens (tertiary/aromatic N) is 2. The third kappa shape index (κ3) is 10.9. The van der Waals surface area contributed by atoms with Crippen LogP contribution in [0.25, 0.3) is 0 Å². The lowest BCUT2D eigenvalue weighted by Crippen LogP contribution is -2.32. The van der Waals surface area contributed by atoms with E-state index in [2.05, 4.69) is 13.2 Å². The molecule has 5 heteroatoms. The van der Waals surface area contributed by atoms with Gasteiger partial charge in [-0.3, -0.25) is 4.79 Å². The summed E-state index contributed by atoms with van der Waals surface area (Å²) in [6.07, 6.45) is 10.5. The van der Waals surface area contributed by atoms with Crippen molar-refractivity contribution in [3.05, 3.63) is 73.5 Å². The van der Waals surface area contributed by atoms with Gasteiger partial charge in [-0.2, -0.15) is 5.26 Å². The van der Waals surface area contributed by atoms with Crippen molar-refractivity contribution in [3.63, 3.8) is 0 Å². The zero-order chi connectivity index (χ0) is 21.2. The van der Waals surface area contributed by atoms with Crippen LogP contribution in [0.2, 0.25) is 0 Å². The topological polar surface area (TPSA) is 62.6 Å². The van der Waals surface area contributed by atoms with Crippen LogP contribution in [0.5, 0.6) is 0 Å². The van der Waals surface area contributed by atoms with Gasteiger partial charge in [0.15, 0.2) is 0 Å². The Balaban J connectivity index is 2.63. The van der Waals surface area contributed by atoms with Crippen molar-refractivity contribution in [1.82, 2.24) is 4.90 Å². The summed E-state index contributed by atoms with van der Waals surface area (Å²) in [5.41, 5.74) is 1.16. The predicted molar refractivity (Wildman–Crippen MR) is 116 cm³/mol. The fourth-order valence-electron chi connectivity index (χ4n) is 3.09. The largest absolute Gasteiger partial charge is 0.497 e. The van der Waals surface area contributed by atoms with E-state index in [0.717, 1.165) is 31.2 Å². The molecule has 156 valence electrons. The van der Waals surface area contributed by atoms with E-state index in [1.165, 1.54) is 4.90 Å². The van der Waals surface area contributed by atoms with E-state index in [0.29, 0.717) is 26.4 Å². The highest BCUT2D eigenvalue weighted by molar-refractivity contribution is 5.47. The molecular formula is C24H32N2O3. The first-order valence-corrected chi connectivity index (χ1v) is 9.93. The molecule has 1 amide bonds. The van der Waals surface area contributed by atoms with E-state index < -0.39 is 0 Å². The summed E-state index contributed by atoms with van der Waals surface area (Å²) in [4.78, 5) is 12.8. The number of ether oxygens (including phenoxy) is 2. The Morgan fingerprint density at radius 2 is 2.00 bits per heavy atom. The van der Waals surface area contributed by atoms with Crippen LogP contribution in [0.3, 0.4) is 0 Å². The van der Waals surface area contributed by atoms with Gasteiger partial charge in [0.1, 0.15) is 13.2 Å². The second kappa shape index (κ2) is 16.1. The second-order valence-electron chi connectivity index (χ2n) is 6.77. The van der Waals surface area contributed by atoms with E-state index >= 15 is 0 Å². The maximum Gasteiger partial charge on any atom is 0.210 e. The average Bonchev–Trinajstić information content (AvgIpc) is 2.75. The van der Waals surface area contributed by atoms with Gasteiger partial charge in [-0.15, -0.1) is 6.58 Å². The van der Waals surface area contributed by atoms with Crippen LogP contribution < -0.4 is 0 Å². The van der Waals surface area contributed by atoms with Crippen molar-refractivity contribution in [2.24, 2.45) is 11.8 Å². The smallest absolute Gasteiger partial charge is 0.210 e. The Hall–Kier alpha value is -2.84. The minimum absolute atomic E-state index is 0.0841. The number of benzene rings is 1. The number of amides is 1. The summed E-state index contributed by atoms with van der Waals surface area (Å²) in [7, 11) is 0. The predicted octanol–water partition coefficient (Wildman–Crippen LogP) is 4.49. The van der Waals surface area contributed by atoms with Crippen molar-refractivity contribution >= 4 is 6.41 Å². The number of carbonyl (C=O) groups is 1. The minimum Gasteiger partial charge on any atom is -0.497 e. The van der Waals surface area contributed by atoms with Gasteiger partial charge in [-0.05, 0) is 42.7 Å². The molecule has 0 spiro atoms. The highest BCUT2D eigenvalue weighted by atomic mass is 16.5. The van der Waals surface area contributed by atoms with Crippen molar-refractivity contribution < 1.29 is 14.3 Å². The Kier molecular flexibility index (Phi) is 13.5. The van der Waals surface area contributed by atoms with Gasteiger partial charge in [0.2, 0.25) is 6.41 Å². The van der Waals surface area contributed by atoms with Crippen LogP contribution in [-0.2, 0) is 20.9 Å². The highest BCUT2D eigenvalue weighted by Gasteiger charge is 2.21. The molecule has 0 aliphatic carbocycles. The summed E-state index contributed by atoms with van der Waals surface area (Å²) < 4.78 is 11.2. The SMILES string of the molecule is C=CCO/C=C/[C@@H](CCCOCc1ccccc1)[C@H](CC=C)CN(C=O)CC#N. The van der Waals surface area contributed by atoms with Gasteiger partial charge >= 0.3 is 0 Å². The zero-order valence-electron chi connectivity index (χ0n) is 17.1. The van der Waals surface area contributed by atoms with Gasteiger partial charge < -0.3 is 14.4 Å². The van der Waals surface area contributed by atoms with Gasteiger partial charge in [0.25, 0.3) is 0 Å². The van der Waals surface area contributed by atoms with Crippen molar-refractivity contribution in [1.29, 1.82) is 5.26 Å². The first-order chi connectivity index (χ1) is 14.2. The number of hydrogen-bond donors (Lipinski definition) is 0. The molecule has 0 aliphatic rings. The van der Waals surface area contributed by atoms with E-state index in [9.17, 15) is 4.79 Å². The molecule has 29 heavy (non-hydrogen) atoms. The molecule has 0 bridgehead atoms. The van der Waals surface area contributed by atoms with Crippen LogP contribution in [-0.4, -0.2) is 37.6 Å². The third-order valence-electron chi connectivity index (χ3n) is 4.54. The lowest BCUT2D eigenvalue weighted by atomic mass is 9.85. The first-order valence-electron chi connectivity index (χ1n) is 9.93. The molecule has 0 saturated heterocycles. The van der Waals surface area contributed by atoms with E-state index in [4.69, 9.17) is 14.7 Å². The highest BCUT2D eigenvalue weighted by Crippen LogP contribution is 2.24. The molecule has 0 radical (unpaired) electrons. The molecule has 0 saturated carbocycles. The molecule has 0 fully saturated rings. The molecule has 0 aliphatic heterocycles. The normalized spacial score (nSPS) is 12.7. The molecule has 0 unspecified atom stereocenters. The molecule has 1 rings (SSSR count). The Morgan fingerprint density at radius 1 is 1.21 bits per heavy atom. The van der Waals surface area contributed by atoms with E-state index in [-0.39, 0.29) is 18.4 Å². The summed E-state index contributed by atoms with van der Waals surface area (Å²) >= 11 is 0. The monoisotopic (exact) mass is 396 g/mol. The standard InChI is InChI=1S/C24H32N2O3/c1-3-9-24(19-26(21-27)15-14-25)23(13-18-28-16-4-2)12-8-17-29-20-22-10-6-5-7-11-22/h3-7,10-11,13,18,21,23-24H,1-2,8-9,12,15-17,19-20H2/b18-13+/t23-,24-/m1/s1. The van der Waals surface area contributed by atoms with Crippen LogP contribution >= 0.6 is 0 Å². The summed E-state index contributed by atoms with van der Waals surface area (Å²) in [5, 5.41) is 8.91. The second-order valence-corrected chi connectivity index (χ2v) is 6.77. The number of carbonyl (C=O) groups excluding carboxylic acids is 1. The number of allylic oxidation sites excluding steroid dienone is 2. The van der Waals surface area contributed by atoms with Gasteiger partial charge in [0, 0.05) is 13.2 Å². The molecule has 2 atom stereocenters. The van der Waals surface area contributed by atoms with Crippen LogP contribution in [0.1, 0.15) is 24.8 Å². The van der Waals surface area contributed by atoms with Gasteiger partial charge in [-0.1, -0.05) is 49.1 Å². The van der Waals surface area contributed by atoms with Crippen molar-refractivity contribution in [3.8, 4) is 6.07 Å². The summed E-state index contributed by atoms with van der Waals surface area (Å²) in [6.45, 7) is 9.78. The molecule has 0 heterocycles. The fourth-order valence-corrected chi connectivity index (χ4v) is 3.09. The lowest BCUT2D eigenvalue weighted by Gasteiger charge is -2.27. The number of hydrogen-bond acceptors (Lipinski definition) is 4. The molecule has 1 aromatic carbocycles. The van der Waals surface area contributed by atoms with Crippen LogP contribution in [0.15, 0.2) is 68.0 Å². The molecule has 5 nitrogen and oxygen atoms in total. The maximum absolute atomic E-state index is 11.3. The van der Waals surface area contributed by atoms with Crippen molar-refractivity contribution in [2.45, 2.75) is 25.9 Å². The number of nitriles is 1. The van der Waals surface area contributed by atoms with Crippen LogP contribution in [0.4, 0.5) is 0 Å². The zero-order valence-corrected chi connectivity index (χ0v) is 17.1. The Morgan fingerprint density at radius 3 is 2.66 bits per heavy atom. The first kappa shape index (κ1) is 24.2. The maximum atomic E-state index is 11.3. The third-order valence-corrected chi connectivity index (χ3v) is 4.54. The molecule has 1 aromatic rings. The molecule has 0 N–H and O–H groups in total. The van der Waals surface area contributed by atoms with Crippen molar-refractivity contribution in [2.75, 3.05) is 26.3 Å². The lowest BCUT2D eigenvalue weighted by molar-refractivity contribution is -0.118. The molecule has 0 aromatic heterocycles. The number of rotatable bonds is 17. The van der Waals surface area contributed by atoms with E-state index in [1.54, 1.807) is 12.3 Å². The van der Waals surface area contributed by atoms with Gasteiger partial charge in [-0.25, -0.2) is 0 Å². The fraction of sp³-hybridized carbons (Fsp3) is 0.417. The minimum atomic E-state index is 0.0841. The Labute approximate surface area is 174 Å². The molecular weight excluding hydrogens is 364 g/mol. The summed E-state index contributed by atoms with van der Waals surface area (Å²) in [6, 6.07) is 12.1. The van der Waals surface area contributed by atoms with Gasteiger partial charge in [0.05, 0.1) is 18.9 Å².